The number of hydrogen-bond acceptors (Lipinski definition) is 9. The van der Waals surface area contributed by atoms with Gasteiger partial charge in [-0.2, -0.15) is 27.4 Å². The van der Waals surface area contributed by atoms with Crippen molar-refractivity contribution in [2.24, 2.45) is 0 Å². The molecule has 4 aromatic carbocycles. The van der Waals surface area contributed by atoms with Gasteiger partial charge in [0.2, 0.25) is 0 Å². The number of methoxy groups -OCH3 is 9. The van der Waals surface area contributed by atoms with E-state index in [1.165, 1.54) is 0 Å². The van der Waals surface area contributed by atoms with Crippen molar-refractivity contribution in [1.82, 2.24) is 0 Å². The standard InChI is InChI=1S/C36H45O9Si.3ClH.Ti/c1-20-21(2)23(4)33(22(20)3)46(34-27(40-8)17-14-24(37-5)30(34)43-11,35-28(41-9)18-15-25(38-6)31(35)44-12)36-29(42-10)19-16-26(39-7)32(36)45-13;;;;/h14-19H,1-13H3;3*1H;/q-1;;;;+4/p-3. The molecular weight excluding hydrogens is 759 g/mol. The molecule has 0 amide bonds. The normalized spacial score (nSPS) is 10.3. The van der Waals surface area contributed by atoms with Gasteiger partial charge >= 0.3 is 21.7 Å². The number of hydrogen-bond donors (Lipinski definition) is 0. The van der Waals surface area contributed by atoms with E-state index in [1.807, 2.05) is 36.4 Å². The van der Waals surface area contributed by atoms with E-state index < -0.39 is 8.07 Å². The molecule has 0 aliphatic rings. The first-order chi connectivity index (χ1) is 22.1. The predicted octanol–water partition coefficient (Wildman–Crippen LogP) is -4.90. The maximum atomic E-state index is 6.31. The predicted molar refractivity (Wildman–Crippen MR) is 184 cm³/mol. The van der Waals surface area contributed by atoms with Gasteiger partial charge in [0.25, 0.3) is 0 Å². The summed E-state index contributed by atoms with van der Waals surface area (Å²) in [6.07, 6.45) is 0. The summed E-state index contributed by atoms with van der Waals surface area (Å²) < 4.78 is 55.5. The molecule has 0 spiro atoms. The minimum absolute atomic E-state index is 0. The fourth-order valence-corrected chi connectivity index (χ4v) is 13.2. The summed E-state index contributed by atoms with van der Waals surface area (Å²) in [4.78, 5) is 0. The molecule has 272 valence electrons. The molecule has 14 heteroatoms. The van der Waals surface area contributed by atoms with Crippen LogP contribution in [-0.4, -0.2) is 72.1 Å². The fraction of sp³-hybridized carbons (Fsp3) is 0.361. The molecule has 0 heterocycles. The van der Waals surface area contributed by atoms with Crippen LogP contribution in [0.1, 0.15) is 22.3 Å². The molecule has 0 aliphatic carbocycles. The number of benzene rings is 3. The van der Waals surface area contributed by atoms with E-state index in [4.69, 9.17) is 42.6 Å². The Morgan fingerprint density at radius 3 is 0.880 bits per heavy atom. The average Bonchev–Trinajstić information content (AvgIpc) is 3.29. The Bertz CT molecular complexity index is 1570. The number of rotatable bonds is 13. The first-order valence-electron chi connectivity index (χ1n) is 14.7. The van der Waals surface area contributed by atoms with Gasteiger partial charge < -0.3 is 79.9 Å². The van der Waals surface area contributed by atoms with E-state index in [9.17, 15) is 0 Å². The number of ether oxygens (including phenoxy) is 9. The third-order valence-electron chi connectivity index (χ3n) is 9.12. The third kappa shape index (κ3) is 7.20. The van der Waals surface area contributed by atoms with Crippen LogP contribution >= 0.6 is 0 Å². The van der Waals surface area contributed by atoms with Crippen molar-refractivity contribution < 1.29 is 102 Å². The summed E-state index contributed by atoms with van der Waals surface area (Å²) in [6.45, 7) is 8.56. The van der Waals surface area contributed by atoms with Gasteiger partial charge in [-0.1, -0.05) is 27.7 Å². The summed E-state index contributed by atoms with van der Waals surface area (Å²) >= 11 is 0. The van der Waals surface area contributed by atoms with Gasteiger partial charge in [0.05, 0.1) is 64.0 Å². The molecule has 4 aromatic rings. The molecular formula is C36H45Cl3O9SiTi. The van der Waals surface area contributed by atoms with Crippen molar-refractivity contribution in [3.63, 3.8) is 0 Å². The molecule has 0 fully saturated rings. The molecule has 0 aliphatic heterocycles. The van der Waals surface area contributed by atoms with Crippen molar-refractivity contribution in [2.45, 2.75) is 27.7 Å². The molecule has 0 radical (unpaired) electrons. The SMILES string of the molecule is COc1ccc(OC)c([Si](c2c(OC)ccc(OC)c2OC)(c2c(OC)ccc(OC)c2OC)c2c(C)c(C)c(C)[c-]2C)c1OC.[Cl-].[Cl-].[Cl-].[Ti+4]. The van der Waals surface area contributed by atoms with Crippen LogP contribution in [0.2, 0.25) is 0 Å². The Balaban J connectivity index is 0.00000600. The van der Waals surface area contributed by atoms with E-state index in [-0.39, 0.29) is 58.9 Å². The Labute approximate surface area is 330 Å². The van der Waals surface area contributed by atoms with Crippen molar-refractivity contribution in [3.8, 4) is 51.7 Å². The Morgan fingerprint density at radius 1 is 0.420 bits per heavy atom. The van der Waals surface area contributed by atoms with Crippen LogP contribution in [-0.2, 0) is 21.7 Å². The molecule has 9 nitrogen and oxygen atoms in total. The zero-order chi connectivity index (χ0) is 33.9. The van der Waals surface area contributed by atoms with Crippen LogP contribution in [0.4, 0.5) is 0 Å². The second-order valence-electron chi connectivity index (χ2n) is 10.8. The van der Waals surface area contributed by atoms with Crippen LogP contribution in [0.15, 0.2) is 36.4 Å². The molecule has 0 bridgehead atoms. The molecule has 0 saturated heterocycles. The van der Waals surface area contributed by atoms with Crippen molar-refractivity contribution in [2.75, 3.05) is 64.0 Å². The molecule has 0 N–H and O–H groups in total. The first-order valence-corrected chi connectivity index (χ1v) is 16.7. The maximum absolute atomic E-state index is 6.31. The van der Waals surface area contributed by atoms with Crippen LogP contribution in [0.25, 0.3) is 0 Å². The Hall–Kier alpha value is -2.99. The van der Waals surface area contributed by atoms with Crippen LogP contribution in [0.5, 0.6) is 51.7 Å². The maximum Gasteiger partial charge on any atom is 4.00 e. The van der Waals surface area contributed by atoms with Crippen molar-refractivity contribution >= 4 is 28.8 Å². The van der Waals surface area contributed by atoms with Crippen LogP contribution in [0.3, 0.4) is 0 Å². The minimum Gasteiger partial charge on any atom is -1.00 e. The smallest absolute Gasteiger partial charge is 1.00 e. The zero-order valence-corrected chi connectivity index (χ0v) is 35.6. The first kappa shape index (κ1) is 47.0. The van der Waals surface area contributed by atoms with E-state index in [1.54, 1.807) is 64.0 Å². The quantitative estimate of drug-likeness (QED) is 0.0752. The summed E-state index contributed by atoms with van der Waals surface area (Å²) in [5.74, 6) is 4.73. The third-order valence-corrected chi connectivity index (χ3v) is 14.3. The fourth-order valence-electron chi connectivity index (χ4n) is 6.83. The minimum atomic E-state index is -3.93. The second kappa shape index (κ2) is 19.6. The molecule has 0 aromatic heterocycles. The summed E-state index contributed by atoms with van der Waals surface area (Å²) in [7, 11) is 10.7. The summed E-state index contributed by atoms with van der Waals surface area (Å²) in [5.41, 5.74) is 4.50. The van der Waals surface area contributed by atoms with E-state index in [2.05, 4.69) is 27.7 Å². The molecule has 0 unspecified atom stereocenters. The van der Waals surface area contributed by atoms with Crippen LogP contribution < -0.4 is 101 Å². The monoisotopic (exact) mass is 802 g/mol. The molecule has 50 heavy (non-hydrogen) atoms. The van der Waals surface area contributed by atoms with Gasteiger partial charge in [-0.25, -0.2) is 0 Å². The topological polar surface area (TPSA) is 83.1 Å². The average molecular weight is 804 g/mol. The van der Waals surface area contributed by atoms with E-state index in [0.717, 1.165) is 43.0 Å². The van der Waals surface area contributed by atoms with E-state index in [0.29, 0.717) is 51.7 Å². The Morgan fingerprint density at radius 2 is 0.680 bits per heavy atom. The number of halogens is 3. The van der Waals surface area contributed by atoms with Gasteiger partial charge in [-0.05, 0) is 36.4 Å². The molecule has 0 saturated carbocycles. The van der Waals surface area contributed by atoms with Gasteiger partial charge in [0, 0.05) is 15.6 Å². The van der Waals surface area contributed by atoms with Gasteiger partial charge in [-0.3, -0.25) is 0 Å². The van der Waals surface area contributed by atoms with E-state index >= 15 is 0 Å². The Kier molecular flexibility index (Phi) is 18.4. The van der Waals surface area contributed by atoms with Gasteiger partial charge in [0.1, 0.15) is 17.2 Å². The summed E-state index contributed by atoms with van der Waals surface area (Å²) in [5, 5.41) is 3.27. The molecule has 0 atom stereocenters. The zero-order valence-electron chi connectivity index (χ0n) is 30.8. The second-order valence-corrected chi connectivity index (χ2v) is 14.3. The van der Waals surface area contributed by atoms with Gasteiger partial charge in [0.15, 0.2) is 42.6 Å². The van der Waals surface area contributed by atoms with Crippen LogP contribution in [0, 0.1) is 27.7 Å². The van der Waals surface area contributed by atoms with Crippen molar-refractivity contribution in [3.05, 3.63) is 58.7 Å². The summed E-state index contributed by atoms with van der Waals surface area (Å²) in [6, 6.07) is 11.2. The van der Waals surface area contributed by atoms with Gasteiger partial charge in [-0.15, -0.1) is 0 Å². The van der Waals surface area contributed by atoms with Crippen molar-refractivity contribution in [1.29, 1.82) is 0 Å². The molecule has 4 rings (SSSR count). The largest absolute Gasteiger partial charge is 4.00 e.